The predicted molar refractivity (Wildman–Crippen MR) is 107 cm³/mol. The average molecular weight is 354 g/mol. The lowest BCUT2D eigenvalue weighted by molar-refractivity contribution is -0.0807. The van der Waals surface area contributed by atoms with Crippen molar-refractivity contribution in [2.75, 3.05) is 27.7 Å². The number of ether oxygens (including phenoxy) is 1. The van der Waals surface area contributed by atoms with Crippen molar-refractivity contribution in [1.29, 1.82) is 0 Å². The van der Waals surface area contributed by atoms with Crippen LogP contribution in [-0.4, -0.2) is 37.8 Å². The van der Waals surface area contributed by atoms with Gasteiger partial charge in [0.15, 0.2) is 0 Å². The first kappa shape index (κ1) is 18.9. The maximum absolute atomic E-state index is 12.2. The second-order valence-corrected chi connectivity index (χ2v) is 7.86. The van der Waals surface area contributed by atoms with Crippen molar-refractivity contribution in [2.24, 2.45) is 5.92 Å². The highest BCUT2D eigenvalue weighted by atomic mass is 16.5. The fraction of sp³-hybridized carbons (Fsp3) is 0.478. The standard InChI is InChI=1S/C23H31NO2/c1-17-9-5-6-13-21(17)23(25)19(16-24(2)3)11-8-14-22(23)18-10-7-12-20(15-18)26-4/h5-7,9-10,12-13,15,19,22,25H,8,11,14,16H2,1-4H3. The lowest BCUT2D eigenvalue weighted by Gasteiger charge is -2.48. The molecule has 0 radical (unpaired) electrons. The van der Waals surface area contributed by atoms with Crippen LogP contribution in [-0.2, 0) is 5.60 Å². The van der Waals surface area contributed by atoms with Gasteiger partial charge >= 0.3 is 0 Å². The van der Waals surface area contributed by atoms with Crippen LogP contribution >= 0.6 is 0 Å². The maximum Gasteiger partial charge on any atom is 0.119 e. The molecule has 1 saturated carbocycles. The molecule has 0 aliphatic heterocycles. The number of nitrogens with zero attached hydrogens (tertiary/aromatic N) is 1. The summed E-state index contributed by atoms with van der Waals surface area (Å²) in [5.74, 6) is 1.12. The van der Waals surface area contributed by atoms with Crippen molar-refractivity contribution in [1.82, 2.24) is 4.90 Å². The van der Waals surface area contributed by atoms with E-state index in [0.29, 0.717) is 0 Å². The second kappa shape index (κ2) is 7.81. The Bertz CT molecular complexity index is 742. The summed E-state index contributed by atoms with van der Waals surface area (Å²) in [6.45, 7) is 2.99. The molecule has 0 aromatic heterocycles. The third-order valence-corrected chi connectivity index (χ3v) is 5.86. The molecule has 1 aliphatic rings. The highest BCUT2D eigenvalue weighted by molar-refractivity contribution is 5.40. The first-order valence-corrected chi connectivity index (χ1v) is 9.54. The number of benzene rings is 2. The molecule has 140 valence electrons. The Morgan fingerprint density at radius 1 is 1.12 bits per heavy atom. The normalized spacial score (nSPS) is 26.1. The van der Waals surface area contributed by atoms with Crippen molar-refractivity contribution >= 4 is 0 Å². The highest BCUT2D eigenvalue weighted by Gasteiger charge is 2.48. The SMILES string of the molecule is COc1cccc(C2CCCC(CN(C)C)C2(O)c2ccccc2C)c1. The van der Waals surface area contributed by atoms with Crippen molar-refractivity contribution in [3.05, 3.63) is 65.2 Å². The van der Waals surface area contributed by atoms with E-state index in [-0.39, 0.29) is 11.8 Å². The highest BCUT2D eigenvalue weighted by Crippen LogP contribution is 2.51. The summed E-state index contributed by atoms with van der Waals surface area (Å²) >= 11 is 0. The molecule has 0 bridgehead atoms. The minimum atomic E-state index is -0.875. The fourth-order valence-corrected chi connectivity index (χ4v) is 4.67. The number of hydrogen-bond acceptors (Lipinski definition) is 3. The van der Waals surface area contributed by atoms with Crippen LogP contribution in [0.25, 0.3) is 0 Å². The molecule has 0 spiro atoms. The predicted octanol–water partition coefficient (Wildman–Crippen LogP) is 4.34. The van der Waals surface area contributed by atoms with Gasteiger partial charge in [0.25, 0.3) is 0 Å². The van der Waals surface area contributed by atoms with Crippen LogP contribution in [0.5, 0.6) is 5.75 Å². The topological polar surface area (TPSA) is 32.7 Å². The van der Waals surface area contributed by atoms with Gasteiger partial charge in [-0.3, -0.25) is 0 Å². The van der Waals surface area contributed by atoms with Gasteiger partial charge in [-0.25, -0.2) is 0 Å². The quantitative estimate of drug-likeness (QED) is 0.868. The van der Waals surface area contributed by atoms with Crippen LogP contribution in [0.2, 0.25) is 0 Å². The zero-order valence-corrected chi connectivity index (χ0v) is 16.4. The largest absolute Gasteiger partial charge is 0.497 e. The van der Waals surface area contributed by atoms with E-state index in [4.69, 9.17) is 4.74 Å². The molecule has 26 heavy (non-hydrogen) atoms. The number of hydrogen-bond donors (Lipinski definition) is 1. The lowest BCUT2D eigenvalue weighted by Crippen LogP contribution is -2.48. The molecule has 3 unspecified atom stereocenters. The summed E-state index contributed by atoms with van der Waals surface area (Å²) in [7, 11) is 5.88. The number of methoxy groups -OCH3 is 1. The lowest BCUT2D eigenvalue weighted by atomic mass is 9.62. The molecule has 3 atom stereocenters. The van der Waals surface area contributed by atoms with E-state index in [1.54, 1.807) is 7.11 Å². The van der Waals surface area contributed by atoms with Gasteiger partial charge in [0, 0.05) is 18.4 Å². The van der Waals surface area contributed by atoms with Gasteiger partial charge < -0.3 is 14.7 Å². The van der Waals surface area contributed by atoms with Crippen LogP contribution in [0, 0.1) is 12.8 Å². The molecule has 0 saturated heterocycles. The Morgan fingerprint density at radius 2 is 1.88 bits per heavy atom. The van der Waals surface area contributed by atoms with E-state index in [9.17, 15) is 5.11 Å². The van der Waals surface area contributed by atoms with Gasteiger partial charge in [0.2, 0.25) is 0 Å². The van der Waals surface area contributed by atoms with E-state index < -0.39 is 5.60 Å². The molecule has 2 aromatic rings. The van der Waals surface area contributed by atoms with Gasteiger partial charge in [-0.1, -0.05) is 42.8 Å². The first-order chi connectivity index (χ1) is 12.5. The Hall–Kier alpha value is -1.84. The maximum atomic E-state index is 12.2. The van der Waals surface area contributed by atoms with Gasteiger partial charge in [-0.15, -0.1) is 0 Å². The summed E-state index contributed by atoms with van der Waals surface area (Å²) in [6.07, 6.45) is 3.17. The van der Waals surface area contributed by atoms with Crippen LogP contribution in [0.15, 0.2) is 48.5 Å². The molecule has 1 aliphatic carbocycles. The summed E-state index contributed by atoms with van der Waals surface area (Å²) in [5.41, 5.74) is 2.52. The third-order valence-electron chi connectivity index (χ3n) is 5.86. The van der Waals surface area contributed by atoms with Crippen molar-refractivity contribution in [3.8, 4) is 5.75 Å². The van der Waals surface area contributed by atoms with E-state index in [2.05, 4.69) is 50.2 Å². The fourth-order valence-electron chi connectivity index (χ4n) is 4.67. The van der Waals surface area contributed by atoms with Crippen LogP contribution < -0.4 is 4.74 Å². The van der Waals surface area contributed by atoms with Gasteiger partial charge in [0.1, 0.15) is 11.4 Å². The molecule has 1 fully saturated rings. The Balaban J connectivity index is 2.12. The van der Waals surface area contributed by atoms with Crippen molar-refractivity contribution in [3.63, 3.8) is 0 Å². The summed E-state index contributed by atoms with van der Waals surface area (Å²) < 4.78 is 5.44. The minimum absolute atomic E-state index is 0.0670. The number of rotatable bonds is 5. The summed E-state index contributed by atoms with van der Waals surface area (Å²) in [6, 6.07) is 16.5. The van der Waals surface area contributed by atoms with E-state index in [1.165, 1.54) is 5.56 Å². The minimum Gasteiger partial charge on any atom is -0.497 e. The molecular formula is C23H31NO2. The number of aryl methyl sites for hydroxylation is 1. The van der Waals surface area contributed by atoms with E-state index in [0.717, 1.165) is 42.7 Å². The third kappa shape index (κ3) is 3.51. The Morgan fingerprint density at radius 3 is 2.58 bits per heavy atom. The first-order valence-electron chi connectivity index (χ1n) is 9.54. The summed E-state index contributed by atoms with van der Waals surface area (Å²) in [5, 5.41) is 12.2. The molecule has 3 rings (SSSR count). The molecule has 3 heteroatoms. The van der Waals surface area contributed by atoms with Crippen LogP contribution in [0.3, 0.4) is 0 Å². The molecule has 0 heterocycles. The van der Waals surface area contributed by atoms with Crippen LogP contribution in [0.4, 0.5) is 0 Å². The van der Waals surface area contributed by atoms with Gasteiger partial charge in [0.05, 0.1) is 7.11 Å². The van der Waals surface area contributed by atoms with Gasteiger partial charge in [-0.05, 0) is 62.7 Å². The Labute approximate surface area is 157 Å². The van der Waals surface area contributed by atoms with Crippen molar-refractivity contribution < 1.29 is 9.84 Å². The van der Waals surface area contributed by atoms with E-state index in [1.807, 2.05) is 24.3 Å². The van der Waals surface area contributed by atoms with Crippen molar-refractivity contribution in [2.45, 2.75) is 37.7 Å². The molecule has 3 nitrogen and oxygen atoms in total. The second-order valence-electron chi connectivity index (χ2n) is 7.86. The molecule has 1 N–H and O–H groups in total. The van der Waals surface area contributed by atoms with Crippen LogP contribution in [0.1, 0.15) is 41.9 Å². The summed E-state index contributed by atoms with van der Waals surface area (Å²) in [4.78, 5) is 2.20. The average Bonchev–Trinajstić information content (AvgIpc) is 2.63. The van der Waals surface area contributed by atoms with E-state index >= 15 is 0 Å². The molecule has 0 amide bonds. The molecular weight excluding hydrogens is 322 g/mol. The smallest absolute Gasteiger partial charge is 0.119 e. The zero-order chi connectivity index (χ0) is 18.7. The Kier molecular flexibility index (Phi) is 5.69. The molecule has 2 aromatic carbocycles. The number of aliphatic hydroxyl groups is 1. The monoisotopic (exact) mass is 353 g/mol. The zero-order valence-electron chi connectivity index (χ0n) is 16.4. The van der Waals surface area contributed by atoms with Gasteiger partial charge in [-0.2, -0.15) is 0 Å².